The van der Waals surface area contributed by atoms with Crippen molar-refractivity contribution in [1.82, 2.24) is 0 Å². The highest BCUT2D eigenvalue weighted by molar-refractivity contribution is 5.93. The van der Waals surface area contributed by atoms with Crippen molar-refractivity contribution in [3.63, 3.8) is 0 Å². The third-order valence-electron chi connectivity index (χ3n) is 2.44. The van der Waals surface area contributed by atoms with Crippen LogP contribution < -0.4 is 4.74 Å². The Balaban J connectivity index is 2.68. The molecule has 1 N–H and O–H groups in total. The first kappa shape index (κ1) is 13.3. The van der Waals surface area contributed by atoms with Gasteiger partial charge in [0, 0.05) is 6.42 Å². The molecule has 0 aliphatic carbocycles. The molecule has 0 aromatic heterocycles. The maximum atomic E-state index is 11.4. The molecule has 3 nitrogen and oxygen atoms in total. The number of hydrogen-bond donors (Lipinski definition) is 1. The van der Waals surface area contributed by atoms with Crippen molar-refractivity contribution >= 4 is 11.9 Å². The Morgan fingerprint density at radius 2 is 2.24 bits per heavy atom. The van der Waals surface area contributed by atoms with E-state index in [2.05, 4.69) is 6.92 Å². The predicted molar refractivity (Wildman–Crippen MR) is 68.2 cm³/mol. The average molecular weight is 234 g/mol. The van der Waals surface area contributed by atoms with E-state index in [0.717, 1.165) is 18.4 Å². The van der Waals surface area contributed by atoms with Crippen LogP contribution in [0.25, 0.3) is 6.08 Å². The van der Waals surface area contributed by atoms with Crippen molar-refractivity contribution in [2.24, 2.45) is 0 Å². The van der Waals surface area contributed by atoms with E-state index in [-0.39, 0.29) is 11.5 Å². The number of carbonyl (C=O) groups excluding carboxylic acids is 1. The normalized spacial score (nSPS) is 10.7. The fraction of sp³-hybridized carbons (Fsp3) is 0.357. The molecule has 0 bridgehead atoms. The molecule has 0 atom stereocenters. The first-order chi connectivity index (χ1) is 8.17. The summed E-state index contributed by atoms with van der Waals surface area (Å²) in [7, 11) is 1.49. The fourth-order valence-corrected chi connectivity index (χ4v) is 1.42. The zero-order chi connectivity index (χ0) is 12.7. The molecule has 1 aromatic rings. The van der Waals surface area contributed by atoms with E-state index >= 15 is 0 Å². The Morgan fingerprint density at radius 1 is 1.47 bits per heavy atom. The molecule has 0 aliphatic rings. The lowest BCUT2D eigenvalue weighted by atomic mass is 10.1. The summed E-state index contributed by atoms with van der Waals surface area (Å²) in [4.78, 5) is 11.4. The minimum Gasteiger partial charge on any atom is -0.504 e. The van der Waals surface area contributed by atoms with E-state index in [0.29, 0.717) is 12.2 Å². The lowest BCUT2D eigenvalue weighted by Gasteiger charge is -2.03. The summed E-state index contributed by atoms with van der Waals surface area (Å²) in [6.45, 7) is 2.06. The Hall–Kier alpha value is -1.77. The van der Waals surface area contributed by atoms with E-state index < -0.39 is 0 Å². The Morgan fingerprint density at radius 3 is 2.88 bits per heavy atom. The molecule has 0 saturated heterocycles. The summed E-state index contributed by atoms with van der Waals surface area (Å²) >= 11 is 0. The molecule has 0 fully saturated rings. The SMILES string of the molecule is CCCCC(=O)C=Cc1ccc(O)c(OC)c1. The molecule has 0 spiro atoms. The Bertz CT molecular complexity index is 408. The standard InChI is InChI=1S/C14H18O3/c1-3-4-5-12(15)8-6-11-7-9-13(16)14(10-11)17-2/h6-10,16H,3-5H2,1-2H3. The second kappa shape index (κ2) is 6.74. The predicted octanol–water partition coefficient (Wildman–Crippen LogP) is 3.17. The van der Waals surface area contributed by atoms with Crippen LogP contribution in [0.1, 0.15) is 31.7 Å². The van der Waals surface area contributed by atoms with Crippen LogP contribution in [0.3, 0.4) is 0 Å². The van der Waals surface area contributed by atoms with Gasteiger partial charge in [0.1, 0.15) is 0 Å². The van der Waals surface area contributed by atoms with E-state index in [1.165, 1.54) is 7.11 Å². The molecular formula is C14H18O3. The first-order valence-corrected chi connectivity index (χ1v) is 5.75. The van der Waals surface area contributed by atoms with Gasteiger partial charge < -0.3 is 9.84 Å². The van der Waals surface area contributed by atoms with Gasteiger partial charge in [0.15, 0.2) is 17.3 Å². The zero-order valence-electron chi connectivity index (χ0n) is 10.3. The molecule has 0 saturated carbocycles. The number of methoxy groups -OCH3 is 1. The van der Waals surface area contributed by atoms with Crippen LogP contribution in [0, 0.1) is 0 Å². The number of unbranched alkanes of at least 4 members (excludes halogenated alkanes) is 1. The van der Waals surface area contributed by atoms with Crippen LogP contribution in [0.5, 0.6) is 11.5 Å². The van der Waals surface area contributed by atoms with Gasteiger partial charge in [0.2, 0.25) is 0 Å². The number of benzene rings is 1. The van der Waals surface area contributed by atoms with E-state index in [1.807, 2.05) is 0 Å². The van der Waals surface area contributed by atoms with Crippen molar-refractivity contribution in [2.75, 3.05) is 7.11 Å². The van der Waals surface area contributed by atoms with Gasteiger partial charge in [-0.25, -0.2) is 0 Å². The third kappa shape index (κ3) is 4.31. The fourth-order valence-electron chi connectivity index (χ4n) is 1.42. The molecule has 0 amide bonds. The quantitative estimate of drug-likeness (QED) is 0.769. The van der Waals surface area contributed by atoms with Gasteiger partial charge in [-0.3, -0.25) is 4.79 Å². The summed E-state index contributed by atoms with van der Waals surface area (Å²) < 4.78 is 4.99. The number of phenolic OH excluding ortho intramolecular Hbond substituents is 1. The van der Waals surface area contributed by atoms with Gasteiger partial charge in [0.25, 0.3) is 0 Å². The van der Waals surface area contributed by atoms with Crippen molar-refractivity contribution in [3.8, 4) is 11.5 Å². The third-order valence-corrected chi connectivity index (χ3v) is 2.44. The summed E-state index contributed by atoms with van der Waals surface area (Å²) in [5.74, 6) is 0.633. The molecule has 1 aromatic carbocycles. The van der Waals surface area contributed by atoms with Gasteiger partial charge >= 0.3 is 0 Å². The summed E-state index contributed by atoms with van der Waals surface area (Å²) in [6.07, 6.45) is 5.83. The van der Waals surface area contributed by atoms with Crippen LogP contribution >= 0.6 is 0 Å². The Labute approximate surface area is 102 Å². The van der Waals surface area contributed by atoms with Crippen molar-refractivity contribution in [1.29, 1.82) is 0 Å². The van der Waals surface area contributed by atoms with Gasteiger partial charge in [0.05, 0.1) is 7.11 Å². The van der Waals surface area contributed by atoms with Crippen molar-refractivity contribution in [2.45, 2.75) is 26.2 Å². The largest absolute Gasteiger partial charge is 0.504 e. The number of phenols is 1. The van der Waals surface area contributed by atoms with Crippen LogP contribution in [-0.4, -0.2) is 18.0 Å². The lowest BCUT2D eigenvalue weighted by Crippen LogP contribution is -1.91. The van der Waals surface area contributed by atoms with Gasteiger partial charge in [-0.2, -0.15) is 0 Å². The number of allylic oxidation sites excluding steroid dienone is 1. The van der Waals surface area contributed by atoms with Gasteiger partial charge in [-0.1, -0.05) is 25.5 Å². The number of ether oxygens (including phenoxy) is 1. The highest BCUT2D eigenvalue weighted by atomic mass is 16.5. The number of hydrogen-bond acceptors (Lipinski definition) is 3. The number of ketones is 1. The van der Waals surface area contributed by atoms with Crippen LogP contribution in [0.4, 0.5) is 0 Å². The minimum atomic E-state index is 0.0990. The average Bonchev–Trinajstić information content (AvgIpc) is 2.35. The summed E-state index contributed by atoms with van der Waals surface area (Å²) in [5, 5.41) is 9.41. The van der Waals surface area contributed by atoms with Crippen LogP contribution in [-0.2, 0) is 4.79 Å². The minimum absolute atomic E-state index is 0.0990. The molecule has 92 valence electrons. The maximum Gasteiger partial charge on any atom is 0.161 e. The van der Waals surface area contributed by atoms with Gasteiger partial charge in [-0.05, 0) is 30.2 Å². The molecule has 0 heterocycles. The van der Waals surface area contributed by atoms with E-state index in [9.17, 15) is 9.90 Å². The second-order valence-electron chi connectivity index (χ2n) is 3.83. The first-order valence-electron chi connectivity index (χ1n) is 5.75. The molecular weight excluding hydrogens is 216 g/mol. The van der Waals surface area contributed by atoms with E-state index in [1.54, 1.807) is 30.4 Å². The number of rotatable bonds is 6. The molecule has 17 heavy (non-hydrogen) atoms. The Kier molecular flexibility index (Phi) is 5.27. The van der Waals surface area contributed by atoms with Crippen LogP contribution in [0.2, 0.25) is 0 Å². The second-order valence-corrected chi connectivity index (χ2v) is 3.83. The van der Waals surface area contributed by atoms with Crippen molar-refractivity contribution in [3.05, 3.63) is 29.8 Å². The van der Waals surface area contributed by atoms with Crippen LogP contribution in [0.15, 0.2) is 24.3 Å². The number of aromatic hydroxyl groups is 1. The molecule has 3 heteroatoms. The van der Waals surface area contributed by atoms with Crippen molar-refractivity contribution < 1.29 is 14.6 Å². The monoisotopic (exact) mass is 234 g/mol. The molecule has 0 unspecified atom stereocenters. The smallest absolute Gasteiger partial charge is 0.161 e. The number of carbonyl (C=O) groups is 1. The highest BCUT2D eigenvalue weighted by Gasteiger charge is 2.01. The molecule has 0 radical (unpaired) electrons. The zero-order valence-corrected chi connectivity index (χ0v) is 10.3. The van der Waals surface area contributed by atoms with E-state index in [4.69, 9.17) is 4.74 Å². The molecule has 1 rings (SSSR count). The maximum absolute atomic E-state index is 11.4. The topological polar surface area (TPSA) is 46.5 Å². The lowest BCUT2D eigenvalue weighted by molar-refractivity contribution is -0.114. The highest BCUT2D eigenvalue weighted by Crippen LogP contribution is 2.26. The molecule has 0 aliphatic heterocycles. The van der Waals surface area contributed by atoms with Gasteiger partial charge in [-0.15, -0.1) is 0 Å². The summed E-state index contributed by atoms with van der Waals surface area (Å²) in [5.41, 5.74) is 0.837. The summed E-state index contributed by atoms with van der Waals surface area (Å²) in [6, 6.07) is 4.98.